The van der Waals surface area contributed by atoms with Crippen molar-refractivity contribution in [3.8, 4) is 0 Å². The topological polar surface area (TPSA) is 149 Å². The highest BCUT2D eigenvalue weighted by atomic mass is 16.7. The standard InChI is InChI=1S/C79H149NO8/c1-3-5-7-9-11-13-15-17-19-21-23-25-27-29-31-33-34-35-36-37-38-39-40-41-43-45-47-49-51-53-55-57-59-61-63-65-67-69-75(83)80-72(71-87-79-78(86)77(85)76(84)74(70-81)88-79)73(82)68-66-64-62-60-58-56-54-52-50-48-46-44-42-32-30-28-26-24-22-20-18-16-14-12-10-8-6-4-2/h5,7,11,13,17,19,23,25,72-74,76-79,81-82,84-86H,3-4,6,8-10,12,14-16,18,20-22,24,26-71H2,1-2H3,(H,80,83)/b7-5-,13-11-,19-17-,25-23-. The highest BCUT2D eigenvalue weighted by molar-refractivity contribution is 5.76. The van der Waals surface area contributed by atoms with Crippen LogP contribution < -0.4 is 5.32 Å². The Balaban J connectivity index is 2.05. The first-order valence-electron chi connectivity index (χ1n) is 38.8. The number of aliphatic hydroxyl groups excluding tert-OH is 5. The average Bonchev–Trinajstić information content (AvgIpc) is 3.29. The summed E-state index contributed by atoms with van der Waals surface area (Å²) >= 11 is 0. The average molecular weight is 1240 g/mol. The zero-order valence-corrected chi connectivity index (χ0v) is 58.3. The van der Waals surface area contributed by atoms with Crippen LogP contribution in [0.3, 0.4) is 0 Å². The Hall–Kier alpha value is -1.85. The Morgan fingerprint density at radius 1 is 0.398 bits per heavy atom. The van der Waals surface area contributed by atoms with Crippen molar-refractivity contribution in [1.29, 1.82) is 0 Å². The molecular formula is C79H149NO8. The number of unbranched alkanes of at least 4 members (excludes halogenated alkanes) is 51. The SMILES string of the molecule is CC/C=C\C/C=C\C/C=C\C/C=C\CCCCCCCCCCCCCCCCCCCCCCCCCCC(=O)NC(COC1OC(CO)C(O)C(O)C1O)C(O)CCCCCCCCCCCCCCCCCCCCCCCCCCCCCC. The fourth-order valence-corrected chi connectivity index (χ4v) is 12.7. The smallest absolute Gasteiger partial charge is 0.220 e. The molecule has 1 aliphatic rings. The normalized spacial score (nSPS) is 18.1. The minimum absolute atomic E-state index is 0.133. The lowest BCUT2D eigenvalue weighted by molar-refractivity contribution is -0.302. The Bertz CT molecular complexity index is 1530. The third-order valence-corrected chi connectivity index (χ3v) is 18.7. The molecule has 0 aromatic carbocycles. The molecule has 518 valence electrons. The van der Waals surface area contributed by atoms with Gasteiger partial charge in [-0.25, -0.2) is 0 Å². The Kier molecular flexibility index (Phi) is 65.1. The zero-order valence-electron chi connectivity index (χ0n) is 58.3. The second-order valence-corrected chi connectivity index (χ2v) is 27.1. The molecule has 7 unspecified atom stereocenters. The number of aliphatic hydroxyl groups is 5. The van der Waals surface area contributed by atoms with Gasteiger partial charge in [0.05, 0.1) is 25.4 Å². The Morgan fingerprint density at radius 3 is 1.05 bits per heavy atom. The van der Waals surface area contributed by atoms with Crippen LogP contribution >= 0.6 is 0 Å². The van der Waals surface area contributed by atoms with Crippen LogP contribution in [0, 0.1) is 0 Å². The van der Waals surface area contributed by atoms with Crippen LogP contribution in [0.2, 0.25) is 0 Å². The summed E-state index contributed by atoms with van der Waals surface area (Å²) < 4.78 is 11.4. The van der Waals surface area contributed by atoms with Crippen LogP contribution in [0.5, 0.6) is 0 Å². The summed E-state index contributed by atoms with van der Waals surface area (Å²) in [5.74, 6) is -0.135. The number of ether oxygens (including phenoxy) is 2. The molecule has 0 radical (unpaired) electrons. The molecule has 1 fully saturated rings. The van der Waals surface area contributed by atoms with E-state index in [1.54, 1.807) is 0 Å². The van der Waals surface area contributed by atoms with Crippen molar-refractivity contribution in [2.75, 3.05) is 13.2 Å². The summed E-state index contributed by atoms with van der Waals surface area (Å²) in [4.78, 5) is 13.2. The Morgan fingerprint density at radius 2 is 0.705 bits per heavy atom. The van der Waals surface area contributed by atoms with Crippen LogP contribution in [-0.4, -0.2) is 87.5 Å². The number of carbonyl (C=O) groups is 1. The van der Waals surface area contributed by atoms with Crippen LogP contribution in [0.1, 0.15) is 393 Å². The van der Waals surface area contributed by atoms with Crippen LogP contribution in [0.25, 0.3) is 0 Å². The van der Waals surface area contributed by atoms with Crippen molar-refractivity contribution >= 4 is 5.91 Å². The first-order valence-corrected chi connectivity index (χ1v) is 38.8. The minimum Gasteiger partial charge on any atom is -0.394 e. The highest BCUT2D eigenvalue weighted by Gasteiger charge is 2.44. The fraction of sp³-hybridized carbons (Fsp3) is 0.886. The van der Waals surface area contributed by atoms with Gasteiger partial charge in [0.1, 0.15) is 24.4 Å². The van der Waals surface area contributed by atoms with E-state index in [1.807, 2.05) is 0 Å². The number of hydrogen-bond acceptors (Lipinski definition) is 8. The largest absolute Gasteiger partial charge is 0.394 e. The highest BCUT2D eigenvalue weighted by Crippen LogP contribution is 2.24. The van der Waals surface area contributed by atoms with E-state index in [0.717, 1.165) is 64.2 Å². The van der Waals surface area contributed by atoms with E-state index in [-0.39, 0.29) is 12.5 Å². The molecule has 1 heterocycles. The number of amides is 1. The molecule has 1 aliphatic heterocycles. The van der Waals surface area contributed by atoms with E-state index in [1.165, 1.54) is 302 Å². The lowest BCUT2D eigenvalue weighted by Crippen LogP contribution is -2.60. The van der Waals surface area contributed by atoms with Gasteiger partial charge in [-0.05, 0) is 51.4 Å². The second kappa shape index (κ2) is 68.0. The minimum atomic E-state index is -1.55. The molecule has 9 heteroatoms. The number of carbonyl (C=O) groups excluding carboxylic acids is 1. The summed E-state index contributed by atoms with van der Waals surface area (Å²) in [5, 5.41) is 55.1. The number of allylic oxidation sites excluding steroid dienone is 8. The molecule has 1 rings (SSSR count). The summed E-state index contributed by atoms with van der Waals surface area (Å²) in [6.45, 7) is 3.79. The van der Waals surface area contributed by atoms with Crippen molar-refractivity contribution in [3.05, 3.63) is 48.6 Å². The molecule has 7 atom stereocenters. The van der Waals surface area contributed by atoms with E-state index in [9.17, 15) is 30.3 Å². The van der Waals surface area contributed by atoms with E-state index in [4.69, 9.17) is 9.47 Å². The quantitative estimate of drug-likeness (QED) is 0.0261. The molecule has 0 saturated carbocycles. The molecule has 0 aromatic heterocycles. The third-order valence-electron chi connectivity index (χ3n) is 18.7. The summed E-state index contributed by atoms with van der Waals surface area (Å²) in [7, 11) is 0. The number of nitrogens with one attached hydrogen (secondary N) is 1. The lowest BCUT2D eigenvalue weighted by Gasteiger charge is -2.40. The van der Waals surface area contributed by atoms with Crippen LogP contribution in [0.4, 0.5) is 0 Å². The number of rotatable bonds is 69. The number of hydrogen-bond donors (Lipinski definition) is 6. The summed E-state index contributed by atoms with van der Waals surface area (Å²) in [6, 6.07) is -0.719. The van der Waals surface area contributed by atoms with Crippen molar-refractivity contribution in [1.82, 2.24) is 5.32 Å². The molecule has 88 heavy (non-hydrogen) atoms. The molecule has 1 amide bonds. The van der Waals surface area contributed by atoms with Crippen LogP contribution in [-0.2, 0) is 14.3 Å². The van der Waals surface area contributed by atoms with Gasteiger partial charge >= 0.3 is 0 Å². The first kappa shape index (κ1) is 84.2. The van der Waals surface area contributed by atoms with Gasteiger partial charge in [0.2, 0.25) is 5.91 Å². The molecule has 0 aliphatic carbocycles. The molecule has 0 aromatic rings. The van der Waals surface area contributed by atoms with Gasteiger partial charge < -0.3 is 40.3 Å². The van der Waals surface area contributed by atoms with Gasteiger partial charge in [0.25, 0.3) is 0 Å². The molecule has 9 nitrogen and oxygen atoms in total. The van der Waals surface area contributed by atoms with Crippen LogP contribution in [0.15, 0.2) is 48.6 Å². The fourth-order valence-electron chi connectivity index (χ4n) is 12.7. The van der Waals surface area contributed by atoms with Gasteiger partial charge in [-0.1, -0.05) is 383 Å². The summed E-state index contributed by atoms with van der Waals surface area (Å²) in [5.41, 5.74) is 0. The second-order valence-electron chi connectivity index (χ2n) is 27.1. The Labute approximate surface area is 545 Å². The van der Waals surface area contributed by atoms with Gasteiger partial charge in [0, 0.05) is 6.42 Å². The summed E-state index contributed by atoms with van der Waals surface area (Å²) in [6.07, 6.45) is 86.4. The molecule has 6 N–H and O–H groups in total. The predicted molar refractivity (Wildman–Crippen MR) is 378 cm³/mol. The van der Waals surface area contributed by atoms with E-state index in [2.05, 4.69) is 67.8 Å². The first-order chi connectivity index (χ1) is 43.3. The molecule has 0 bridgehead atoms. The van der Waals surface area contributed by atoms with E-state index in [0.29, 0.717) is 12.8 Å². The van der Waals surface area contributed by atoms with Crippen molar-refractivity contribution in [2.45, 2.75) is 436 Å². The van der Waals surface area contributed by atoms with E-state index >= 15 is 0 Å². The maximum Gasteiger partial charge on any atom is 0.220 e. The molecular weight excluding hydrogens is 1090 g/mol. The third kappa shape index (κ3) is 55.8. The van der Waals surface area contributed by atoms with Crippen molar-refractivity contribution in [2.24, 2.45) is 0 Å². The maximum absolute atomic E-state index is 13.2. The maximum atomic E-state index is 13.2. The van der Waals surface area contributed by atoms with Gasteiger partial charge in [-0.2, -0.15) is 0 Å². The van der Waals surface area contributed by atoms with Gasteiger partial charge in [0.15, 0.2) is 6.29 Å². The predicted octanol–water partition coefficient (Wildman–Crippen LogP) is 21.9. The van der Waals surface area contributed by atoms with E-state index < -0.39 is 49.5 Å². The van der Waals surface area contributed by atoms with Crippen molar-refractivity contribution in [3.63, 3.8) is 0 Å². The lowest BCUT2D eigenvalue weighted by atomic mass is 9.99. The monoisotopic (exact) mass is 1240 g/mol. The zero-order chi connectivity index (χ0) is 63.5. The molecule has 1 saturated heterocycles. The van der Waals surface area contributed by atoms with Gasteiger partial charge in [-0.3, -0.25) is 4.79 Å². The molecule has 0 spiro atoms. The van der Waals surface area contributed by atoms with Crippen molar-refractivity contribution < 1.29 is 39.8 Å². The van der Waals surface area contributed by atoms with Gasteiger partial charge in [-0.15, -0.1) is 0 Å².